The molecular formula is C56H107NO3. The maximum absolute atomic E-state index is 12.4. The average Bonchev–Trinajstić information content (AvgIpc) is 3.25. The first-order valence-corrected chi connectivity index (χ1v) is 27.2. The van der Waals surface area contributed by atoms with E-state index in [2.05, 4.69) is 43.5 Å². The Balaban J connectivity index is 3.46. The standard InChI is InChI=1S/C56H107NO3/c1-3-5-7-9-11-13-15-17-19-21-22-23-24-25-26-27-28-29-30-31-32-33-34-36-37-39-41-43-45-47-49-51-55(59)54(53-58)57-56(60)52-50-48-46-44-42-40-38-35-20-18-16-14-12-10-8-6-4-2/h12,14,18,20,49,51,54-55,58-59H,3-11,13,15-17,19,21-48,50,52-53H2,1-2H3,(H,57,60)/b14-12-,20-18-,51-49+. The zero-order valence-corrected chi connectivity index (χ0v) is 40.7. The number of nitrogens with one attached hydrogen (secondary N) is 1. The number of hydrogen-bond donors (Lipinski definition) is 3. The van der Waals surface area contributed by atoms with Gasteiger partial charge in [-0.05, 0) is 51.4 Å². The van der Waals surface area contributed by atoms with Crippen LogP contribution < -0.4 is 5.32 Å². The first-order valence-electron chi connectivity index (χ1n) is 27.2. The van der Waals surface area contributed by atoms with E-state index < -0.39 is 12.1 Å². The van der Waals surface area contributed by atoms with Gasteiger partial charge in [0.05, 0.1) is 18.8 Å². The fourth-order valence-corrected chi connectivity index (χ4v) is 8.45. The van der Waals surface area contributed by atoms with E-state index in [-0.39, 0.29) is 12.5 Å². The molecule has 2 atom stereocenters. The van der Waals surface area contributed by atoms with Gasteiger partial charge in [-0.3, -0.25) is 4.79 Å². The lowest BCUT2D eigenvalue weighted by Crippen LogP contribution is -2.45. The van der Waals surface area contributed by atoms with Gasteiger partial charge in [-0.25, -0.2) is 0 Å². The second kappa shape index (κ2) is 52.0. The van der Waals surface area contributed by atoms with Crippen LogP contribution in [0.15, 0.2) is 36.5 Å². The first-order chi connectivity index (χ1) is 29.7. The molecule has 0 heterocycles. The molecule has 354 valence electrons. The molecule has 0 aromatic rings. The number of amides is 1. The number of carbonyl (C=O) groups excluding carboxylic acids is 1. The molecule has 0 fully saturated rings. The third-order valence-electron chi connectivity index (χ3n) is 12.6. The van der Waals surface area contributed by atoms with Crippen LogP contribution in [0.4, 0.5) is 0 Å². The number of allylic oxidation sites excluding steroid dienone is 5. The normalized spacial score (nSPS) is 13.1. The molecular weight excluding hydrogens is 735 g/mol. The van der Waals surface area contributed by atoms with Crippen LogP contribution in [0.25, 0.3) is 0 Å². The van der Waals surface area contributed by atoms with E-state index in [0.717, 1.165) is 32.1 Å². The smallest absolute Gasteiger partial charge is 0.220 e. The fraction of sp³-hybridized carbons (Fsp3) is 0.875. The molecule has 0 aromatic carbocycles. The fourth-order valence-electron chi connectivity index (χ4n) is 8.45. The molecule has 3 N–H and O–H groups in total. The summed E-state index contributed by atoms with van der Waals surface area (Å²) in [4.78, 5) is 12.4. The van der Waals surface area contributed by atoms with E-state index in [9.17, 15) is 15.0 Å². The summed E-state index contributed by atoms with van der Waals surface area (Å²) in [6, 6.07) is -0.627. The van der Waals surface area contributed by atoms with Gasteiger partial charge in [0.2, 0.25) is 5.91 Å². The second-order valence-electron chi connectivity index (χ2n) is 18.7. The second-order valence-corrected chi connectivity index (χ2v) is 18.7. The Morgan fingerprint density at radius 3 is 1.03 bits per heavy atom. The number of aliphatic hydroxyl groups is 2. The minimum Gasteiger partial charge on any atom is -0.394 e. The molecule has 0 aromatic heterocycles. The molecule has 0 aliphatic rings. The van der Waals surface area contributed by atoms with Crippen molar-refractivity contribution in [3.8, 4) is 0 Å². The summed E-state index contributed by atoms with van der Waals surface area (Å²) < 4.78 is 0. The van der Waals surface area contributed by atoms with Crippen molar-refractivity contribution in [3.05, 3.63) is 36.5 Å². The van der Waals surface area contributed by atoms with Gasteiger partial charge in [-0.15, -0.1) is 0 Å². The molecule has 60 heavy (non-hydrogen) atoms. The Hall–Kier alpha value is -1.39. The van der Waals surface area contributed by atoms with Gasteiger partial charge in [0.1, 0.15) is 0 Å². The van der Waals surface area contributed by atoms with E-state index >= 15 is 0 Å². The number of aliphatic hydroxyl groups excluding tert-OH is 2. The zero-order chi connectivity index (χ0) is 43.5. The number of unbranched alkanes of at least 4 members (excludes halogenated alkanes) is 39. The van der Waals surface area contributed by atoms with Crippen molar-refractivity contribution in [1.29, 1.82) is 0 Å². The van der Waals surface area contributed by atoms with Crippen LogP contribution in [0.2, 0.25) is 0 Å². The molecule has 0 aliphatic carbocycles. The predicted molar refractivity (Wildman–Crippen MR) is 267 cm³/mol. The van der Waals surface area contributed by atoms with Gasteiger partial charge < -0.3 is 15.5 Å². The molecule has 4 nitrogen and oxygen atoms in total. The number of carbonyl (C=O) groups is 1. The average molecular weight is 842 g/mol. The molecule has 0 rings (SSSR count). The molecule has 0 saturated heterocycles. The lowest BCUT2D eigenvalue weighted by molar-refractivity contribution is -0.123. The van der Waals surface area contributed by atoms with Crippen LogP contribution in [0, 0.1) is 0 Å². The van der Waals surface area contributed by atoms with Crippen molar-refractivity contribution < 1.29 is 15.0 Å². The van der Waals surface area contributed by atoms with Crippen molar-refractivity contribution in [1.82, 2.24) is 5.32 Å². The molecule has 0 bridgehead atoms. The molecule has 0 aliphatic heterocycles. The highest BCUT2D eigenvalue weighted by molar-refractivity contribution is 5.76. The van der Waals surface area contributed by atoms with Crippen LogP contribution in [-0.4, -0.2) is 34.9 Å². The van der Waals surface area contributed by atoms with Gasteiger partial charge in [-0.1, -0.05) is 275 Å². The van der Waals surface area contributed by atoms with Crippen molar-refractivity contribution in [3.63, 3.8) is 0 Å². The van der Waals surface area contributed by atoms with E-state index in [1.165, 1.54) is 244 Å². The highest BCUT2D eigenvalue weighted by atomic mass is 16.3. The summed E-state index contributed by atoms with van der Waals surface area (Å²) in [6.45, 7) is 4.30. The molecule has 2 unspecified atom stereocenters. The highest BCUT2D eigenvalue weighted by Crippen LogP contribution is 2.17. The Labute approximate surface area is 376 Å². The SMILES string of the molecule is CCCCC/C=C\C/C=C\CCCCCCCCCC(=O)NC(CO)C(O)/C=C/CCCCCCCCCCCCCCCCCCCCCCCCCCCCCCC. The van der Waals surface area contributed by atoms with Gasteiger partial charge in [0.25, 0.3) is 0 Å². The van der Waals surface area contributed by atoms with E-state index in [1.807, 2.05) is 6.08 Å². The molecule has 1 amide bonds. The van der Waals surface area contributed by atoms with Gasteiger partial charge >= 0.3 is 0 Å². The van der Waals surface area contributed by atoms with Crippen LogP contribution in [0.1, 0.15) is 296 Å². The van der Waals surface area contributed by atoms with E-state index in [1.54, 1.807) is 6.08 Å². The summed E-state index contributed by atoms with van der Waals surface area (Å²) in [7, 11) is 0. The largest absolute Gasteiger partial charge is 0.394 e. The van der Waals surface area contributed by atoms with Crippen LogP contribution >= 0.6 is 0 Å². The van der Waals surface area contributed by atoms with Crippen LogP contribution in [-0.2, 0) is 4.79 Å². The Morgan fingerprint density at radius 2 is 0.683 bits per heavy atom. The summed E-state index contributed by atoms with van der Waals surface area (Å²) in [6.07, 6.45) is 70.2. The quantitative estimate of drug-likeness (QED) is 0.0422. The third kappa shape index (κ3) is 47.7. The third-order valence-corrected chi connectivity index (χ3v) is 12.6. The van der Waals surface area contributed by atoms with E-state index in [4.69, 9.17) is 0 Å². The van der Waals surface area contributed by atoms with Gasteiger partial charge in [-0.2, -0.15) is 0 Å². The maximum atomic E-state index is 12.4. The summed E-state index contributed by atoms with van der Waals surface area (Å²) in [5.41, 5.74) is 0. The van der Waals surface area contributed by atoms with Crippen LogP contribution in [0.3, 0.4) is 0 Å². The van der Waals surface area contributed by atoms with E-state index in [0.29, 0.717) is 6.42 Å². The summed E-state index contributed by atoms with van der Waals surface area (Å²) in [5, 5.41) is 23.1. The highest BCUT2D eigenvalue weighted by Gasteiger charge is 2.18. The molecule has 0 saturated carbocycles. The molecule has 0 radical (unpaired) electrons. The number of rotatable bonds is 50. The first kappa shape index (κ1) is 58.6. The van der Waals surface area contributed by atoms with Crippen molar-refractivity contribution in [2.24, 2.45) is 0 Å². The maximum Gasteiger partial charge on any atom is 0.220 e. The summed E-state index contributed by atoms with van der Waals surface area (Å²) in [5.74, 6) is -0.0695. The lowest BCUT2D eigenvalue weighted by Gasteiger charge is -2.20. The van der Waals surface area contributed by atoms with Crippen molar-refractivity contribution in [2.45, 2.75) is 309 Å². The van der Waals surface area contributed by atoms with Crippen molar-refractivity contribution >= 4 is 5.91 Å². The topological polar surface area (TPSA) is 69.6 Å². The summed E-state index contributed by atoms with van der Waals surface area (Å²) >= 11 is 0. The van der Waals surface area contributed by atoms with Gasteiger partial charge in [0, 0.05) is 6.42 Å². The monoisotopic (exact) mass is 842 g/mol. The van der Waals surface area contributed by atoms with Crippen LogP contribution in [0.5, 0.6) is 0 Å². The minimum absolute atomic E-state index is 0.0695. The molecule has 0 spiro atoms. The van der Waals surface area contributed by atoms with Gasteiger partial charge in [0.15, 0.2) is 0 Å². The molecule has 4 heteroatoms. The minimum atomic E-state index is -0.843. The zero-order valence-electron chi connectivity index (χ0n) is 40.7. The lowest BCUT2D eigenvalue weighted by atomic mass is 10.0. The number of hydrogen-bond acceptors (Lipinski definition) is 3. The Bertz CT molecular complexity index is 912. The Morgan fingerprint density at radius 1 is 0.400 bits per heavy atom. The predicted octanol–water partition coefficient (Wildman–Crippen LogP) is 17.7. The Kier molecular flexibility index (Phi) is 50.8. The van der Waals surface area contributed by atoms with Crippen molar-refractivity contribution in [2.75, 3.05) is 6.61 Å².